The van der Waals surface area contributed by atoms with Gasteiger partial charge in [-0.1, -0.05) is 23.6 Å². The van der Waals surface area contributed by atoms with Gasteiger partial charge in [-0.15, -0.1) is 11.8 Å². The van der Waals surface area contributed by atoms with Crippen molar-refractivity contribution in [3.05, 3.63) is 70.1 Å². The molecule has 0 fully saturated rings. The maximum absolute atomic E-state index is 12.9. The number of thioether (sulfide) groups is 1. The third kappa shape index (κ3) is 5.49. The third-order valence-electron chi connectivity index (χ3n) is 4.02. The lowest BCUT2D eigenvalue weighted by Gasteiger charge is -2.05. The topological polar surface area (TPSA) is 46.4 Å². The monoisotopic (exact) mass is 451 g/mol. The number of pyridine rings is 1. The molecule has 3 rings (SSSR count). The molecular formula is C21H17ClF3N3OS. The molecule has 2 heterocycles. The number of carbonyl (C=O) groups excluding carboxylic acids is 1. The van der Waals surface area contributed by atoms with E-state index in [0.29, 0.717) is 34.4 Å². The van der Waals surface area contributed by atoms with Crippen LogP contribution in [0.15, 0.2) is 42.6 Å². The Morgan fingerprint density at radius 1 is 1.27 bits per heavy atom. The zero-order valence-corrected chi connectivity index (χ0v) is 17.5. The van der Waals surface area contributed by atoms with E-state index in [4.69, 9.17) is 11.6 Å². The molecule has 1 N–H and O–H groups in total. The Kier molecular flexibility index (Phi) is 6.95. The molecule has 0 saturated heterocycles. The number of imidazole rings is 1. The van der Waals surface area contributed by atoms with Crippen LogP contribution in [0.1, 0.15) is 29.4 Å². The Bertz CT molecular complexity index is 1130. The lowest BCUT2D eigenvalue weighted by atomic mass is 10.1. The number of rotatable bonds is 5. The van der Waals surface area contributed by atoms with Crippen LogP contribution in [0.2, 0.25) is 5.02 Å². The number of nitrogens with one attached hydrogen (secondary N) is 1. The van der Waals surface area contributed by atoms with E-state index in [9.17, 15) is 18.0 Å². The molecule has 0 saturated carbocycles. The van der Waals surface area contributed by atoms with Crippen molar-refractivity contribution in [2.24, 2.45) is 0 Å². The molecular weight excluding hydrogens is 435 g/mol. The van der Waals surface area contributed by atoms with Gasteiger partial charge in [0.25, 0.3) is 0 Å². The molecule has 1 amide bonds. The second-order valence-electron chi connectivity index (χ2n) is 6.26. The standard InChI is InChI=1S/C21H17ClF3N3OS/c1-2-26-20(29)13-30-12-17-18(28-11-16(22)7-9-19(28)27-17)8-6-14-4-3-5-15(10-14)21(23,24)25/h3-5,7,9-11H,2,12-13H2,1H3,(H,26,29). The van der Waals surface area contributed by atoms with Gasteiger partial charge < -0.3 is 5.32 Å². The van der Waals surface area contributed by atoms with Gasteiger partial charge in [-0.05, 0) is 43.2 Å². The molecule has 0 aliphatic rings. The quantitative estimate of drug-likeness (QED) is 0.568. The summed E-state index contributed by atoms with van der Waals surface area (Å²) in [7, 11) is 0. The fourth-order valence-corrected chi connectivity index (χ4v) is 3.64. The van der Waals surface area contributed by atoms with Crippen LogP contribution in [-0.4, -0.2) is 27.6 Å². The van der Waals surface area contributed by atoms with Gasteiger partial charge >= 0.3 is 6.18 Å². The van der Waals surface area contributed by atoms with Gasteiger partial charge in [0.15, 0.2) is 0 Å². The van der Waals surface area contributed by atoms with Crippen molar-refractivity contribution in [1.82, 2.24) is 14.7 Å². The molecule has 0 bridgehead atoms. The molecule has 0 unspecified atom stereocenters. The Morgan fingerprint density at radius 2 is 2.07 bits per heavy atom. The van der Waals surface area contributed by atoms with E-state index < -0.39 is 11.7 Å². The summed E-state index contributed by atoms with van der Waals surface area (Å²) in [5.41, 5.74) is 1.25. The highest BCUT2D eigenvalue weighted by Crippen LogP contribution is 2.29. The maximum atomic E-state index is 12.9. The molecule has 30 heavy (non-hydrogen) atoms. The van der Waals surface area contributed by atoms with E-state index in [-0.39, 0.29) is 17.2 Å². The highest BCUT2D eigenvalue weighted by molar-refractivity contribution is 7.99. The number of amides is 1. The summed E-state index contributed by atoms with van der Waals surface area (Å²) in [6.07, 6.45) is -2.78. The zero-order chi connectivity index (χ0) is 21.7. The Labute approximate surface area is 180 Å². The van der Waals surface area contributed by atoms with Gasteiger partial charge in [-0.2, -0.15) is 13.2 Å². The fourth-order valence-electron chi connectivity index (χ4n) is 2.69. The van der Waals surface area contributed by atoms with E-state index >= 15 is 0 Å². The van der Waals surface area contributed by atoms with Gasteiger partial charge in [0.05, 0.1) is 22.0 Å². The van der Waals surface area contributed by atoms with Crippen molar-refractivity contribution in [3.63, 3.8) is 0 Å². The summed E-state index contributed by atoms with van der Waals surface area (Å²) in [5, 5.41) is 3.20. The van der Waals surface area contributed by atoms with Crippen LogP contribution in [0.5, 0.6) is 0 Å². The Balaban J connectivity index is 1.93. The number of aromatic nitrogens is 2. The van der Waals surface area contributed by atoms with Gasteiger partial charge in [0.1, 0.15) is 11.3 Å². The van der Waals surface area contributed by atoms with Crippen molar-refractivity contribution < 1.29 is 18.0 Å². The molecule has 9 heteroatoms. The first-order valence-electron chi connectivity index (χ1n) is 8.98. The molecule has 1 aromatic carbocycles. The molecule has 0 aliphatic heterocycles. The fraction of sp³-hybridized carbons (Fsp3) is 0.238. The highest BCUT2D eigenvalue weighted by Gasteiger charge is 2.30. The maximum Gasteiger partial charge on any atom is 0.416 e. The first-order chi connectivity index (χ1) is 14.3. The summed E-state index contributed by atoms with van der Waals surface area (Å²) in [6.45, 7) is 2.40. The number of carbonyl (C=O) groups is 1. The summed E-state index contributed by atoms with van der Waals surface area (Å²) in [6, 6.07) is 8.27. The van der Waals surface area contributed by atoms with Crippen molar-refractivity contribution in [3.8, 4) is 11.8 Å². The van der Waals surface area contributed by atoms with Gasteiger partial charge in [0, 0.05) is 24.1 Å². The largest absolute Gasteiger partial charge is 0.416 e. The van der Waals surface area contributed by atoms with Crippen LogP contribution in [0, 0.1) is 11.8 Å². The Hall–Kier alpha value is -2.63. The van der Waals surface area contributed by atoms with E-state index in [1.165, 1.54) is 23.9 Å². The zero-order valence-electron chi connectivity index (χ0n) is 15.9. The SMILES string of the molecule is CCNC(=O)CSCc1nc2ccc(Cl)cn2c1C#Cc1cccc(C(F)(F)F)c1. The van der Waals surface area contributed by atoms with Crippen LogP contribution < -0.4 is 5.32 Å². The molecule has 4 nitrogen and oxygen atoms in total. The second kappa shape index (κ2) is 9.45. The summed E-state index contributed by atoms with van der Waals surface area (Å²) >= 11 is 7.47. The number of alkyl halides is 3. The van der Waals surface area contributed by atoms with Gasteiger partial charge in [-0.3, -0.25) is 9.20 Å². The smallest absolute Gasteiger partial charge is 0.356 e. The minimum Gasteiger partial charge on any atom is -0.356 e. The van der Waals surface area contributed by atoms with Gasteiger partial charge in [0.2, 0.25) is 5.91 Å². The highest BCUT2D eigenvalue weighted by atomic mass is 35.5. The summed E-state index contributed by atoms with van der Waals surface area (Å²) in [4.78, 5) is 16.2. The van der Waals surface area contributed by atoms with Crippen molar-refractivity contribution in [2.75, 3.05) is 12.3 Å². The van der Waals surface area contributed by atoms with E-state index in [2.05, 4.69) is 22.1 Å². The summed E-state index contributed by atoms with van der Waals surface area (Å²) in [5.74, 6) is 6.33. The molecule has 0 atom stereocenters. The minimum atomic E-state index is -4.44. The van der Waals surface area contributed by atoms with Crippen molar-refractivity contribution in [1.29, 1.82) is 0 Å². The first-order valence-corrected chi connectivity index (χ1v) is 10.5. The summed E-state index contributed by atoms with van der Waals surface area (Å²) < 4.78 is 40.5. The van der Waals surface area contributed by atoms with Crippen molar-refractivity contribution >= 4 is 34.9 Å². The lowest BCUT2D eigenvalue weighted by Crippen LogP contribution is -2.24. The third-order valence-corrected chi connectivity index (χ3v) is 5.18. The number of halogens is 4. The van der Waals surface area contributed by atoms with Crippen LogP contribution in [-0.2, 0) is 16.7 Å². The number of hydrogen-bond acceptors (Lipinski definition) is 3. The molecule has 2 aromatic heterocycles. The van der Waals surface area contributed by atoms with Gasteiger partial charge in [-0.25, -0.2) is 4.98 Å². The predicted octanol–water partition coefficient (Wildman–Crippen LogP) is 4.78. The Morgan fingerprint density at radius 3 is 2.80 bits per heavy atom. The average Bonchev–Trinajstić information content (AvgIpc) is 3.03. The van der Waals surface area contributed by atoms with Crippen LogP contribution in [0.25, 0.3) is 5.65 Å². The number of fused-ring (bicyclic) bond motifs is 1. The normalized spacial score (nSPS) is 11.2. The first kappa shape index (κ1) is 22.1. The predicted molar refractivity (Wildman–Crippen MR) is 112 cm³/mol. The molecule has 0 radical (unpaired) electrons. The van der Waals surface area contributed by atoms with E-state index in [1.54, 1.807) is 22.7 Å². The molecule has 3 aromatic rings. The van der Waals surface area contributed by atoms with Crippen LogP contribution in [0.3, 0.4) is 0 Å². The van der Waals surface area contributed by atoms with Crippen LogP contribution in [0.4, 0.5) is 13.2 Å². The average molecular weight is 452 g/mol. The molecule has 0 aliphatic carbocycles. The number of benzene rings is 1. The lowest BCUT2D eigenvalue weighted by molar-refractivity contribution is -0.137. The number of hydrogen-bond donors (Lipinski definition) is 1. The second-order valence-corrected chi connectivity index (χ2v) is 7.68. The van der Waals surface area contributed by atoms with Crippen LogP contribution >= 0.6 is 23.4 Å². The molecule has 0 spiro atoms. The molecule has 156 valence electrons. The number of nitrogens with zero attached hydrogens (tertiary/aromatic N) is 2. The van der Waals surface area contributed by atoms with E-state index in [1.807, 2.05) is 6.92 Å². The van der Waals surface area contributed by atoms with E-state index in [0.717, 1.165) is 12.1 Å². The van der Waals surface area contributed by atoms with Crippen molar-refractivity contribution in [2.45, 2.75) is 18.9 Å². The minimum absolute atomic E-state index is 0.0779.